The van der Waals surface area contributed by atoms with Crippen molar-refractivity contribution in [1.29, 1.82) is 0 Å². The lowest BCUT2D eigenvalue weighted by atomic mass is 10.1. The van der Waals surface area contributed by atoms with E-state index in [0.717, 1.165) is 31.0 Å². The summed E-state index contributed by atoms with van der Waals surface area (Å²) in [6.07, 6.45) is -0.556. The van der Waals surface area contributed by atoms with Crippen LogP contribution in [0.25, 0.3) is 0 Å². The second-order valence-corrected chi connectivity index (χ2v) is 8.85. The number of pyridine rings is 1. The number of hydrogen-bond donors (Lipinski definition) is 0. The molecule has 1 fully saturated rings. The minimum absolute atomic E-state index is 0.115. The molecule has 1 aromatic carbocycles. The molecule has 1 saturated heterocycles. The molecule has 4 heterocycles. The molecule has 5 rings (SSSR count). The lowest BCUT2D eigenvalue weighted by molar-refractivity contribution is -0.389. The molecule has 13 heteroatoms. The largest absolute Gasteiger partial charge is 0.490 e. The van der Waals surface area contributed by atoms with Gasteiger partial charge in [0.2, 0.25) is 5.88 Å². The van der Waals surface area contributed by atoms with Crippen LogP contribution in [0.2, 0.25) is 0 Å². The maximum atomic E-state index is 12.7. The molecule has 0 radical (unpaired) electrons. The highest BCUT2D eigenvalue weighted by Gasteiger charge is 2.31. The van der Waals surface area contributed by atoms with Gasteiger partial charge in [0.1, 0.15) is 30.8 Å². The van der Waals surface area contributed by atoms with Gasteiger partial charge in [-0.3, -0.25) is 4.57 Å². The summed E-state index contributed by atoms with van der Waals surface area (Å²) in [7, 11) is 0. The van der Waals surface area contributed by atoms with Crippen LogP contribution < -0.4 is 19.1 Å². The second-order valence-electron chi connectivity index (χ2n) is 8.85. The van der Waals surface area contributed by atoms with E-state index in [2.05, 4.69) is 14.9 Å². The van der Waals surface area contributed by atoms with Gasteiger partial charge in [-0.25, -0.2) is 4.98 Å². The number of nitrogens with zero attached hydrogens (tertiary/aromatic N) is 5. The minimum atomic E-state index is -4.42. The van der Waals surface area contributed by atoms with Gasteiger partial charge in [0.05, 0.1) is 5.56 Å². The van der Waals surface area contributed by atoms with Crippen LogP contribution in [0.5, 0.6) is 17.6 Å². The van der Waals surface area contributed by atoms with Gasteiger partial charge in [0.25, 0.3) is 0 Å². The Bertz CT molecular complexity index is 1230. The number of benzene rings is 1. The fourth-order valence-corrected chi connectivity index (χ4v) is 4.30. The number of nitro groups is 1. The predicted molar refractivity (Wildman–Crippen MR) is 125 cm³/mol. The van der Waals surface area contributed by atoms with E-state index >= 15 is 0 Å². The van der Waals surface area contributed by atoms with Crippen LogP contribution in [0, 0.1) is 10.1 Å². The van der Waals surface area contributed by atoms with Gasteiger partial charge in [0.15, 0.2) is 0 Å². The van der Waals surface area contributed by atoms with Crippen molar-refractivity contribution in [3.8, 4) is 17.6 Å². The molecular formula is C24H24F3N5O5. The Morgan fingerprint density at radius 1 is 1.08 bits per heavy atom. The summed E-state index contributed by atoms with van der Waals surface area (Å²) in [6, 6.07) is 10.1. The average molecular weight is 519 g/mol. The Hall–Kier alpha value is -4.03. The number of fused-ring (bicyclic) bond motifs is 1. The zero-order valence-corrected chi connectivity index (χ0v) is 19.6. The number of rotatable bonds is 7. The molecule has 1 atom stereocenters. The summed E-state index contributed by atoms with van der Waals surface area (Å²) in [5.41, 5.74) is 0.230. The highest BCUT2D eigenvalue weighted by molar-refractivity contribution is 5.49. The molecule has 2 aromatic heterocycles. The standard InChI is InChI=1S/C24H24F3N5O5/c25-24(26,27)16-1-6-22(28-13-16)36-19-7-10-30(11-8-19)17-2-4-18(5-3-17)35-15-20-9-12-31-14-21(32(33)34)29-23(31)37-20/h1-6,13-14,19-20H,7-12,15H2/t20-/m1/s1. The lowest BCUT2D eigenvalue weighted by Crippen LogP contribution is -2.38. The first kappa shape index (κ1) is 24.7. The van der Waals surface area contributed by atoms with Crippen LogP contribution in [-0.4, -0.2) is 51.4 Å². The van der Waals surface area contributed by atoms with Crippen molar-refractivity contribution in [3.63, 3.8) is 0 Å². The van der Waals surface area contributed by atoms with Crippen LogP contribution in [0.3, 0.4) is 0 Å². The minimum Gasteiger partial charge on any atom is -0.490 e. The van der Waals surface area contributed by atoms with Crippen molar-refractivity contribution < 1.29 is 32.3 Å². The fourth-order valence-electron chi connectivity index (χ4n) is 4.30. The number of halogens is 3. The Labute approximate surface area is 209 Å². The third-order valence-electron chi connectivity index (χ3n) is 6.31. The number of piperidine rings is 1. The number of imidazole rings is 1. The van der Waals surface area contributed by atoms with Gasteiger partial charge in [-0.2, -0.15) is 13.2 Å². The highest BCUT2D eigenvalue weighted by Crippen LogP contribution is 2.30. The highest BCUT2D eigenvalue weighted by atomic mass is 19.4. The van der Waals surface area contributed by atoms with Gasteiger partial charge in [-0.1, -0.05) is 0 Å². The average Bonchev–Trinajstić information content (AvgIpc) is 3.32. The molecule has 0 spiro atoms. The predicted octanol–water partition coefficient (Wildman–Crippen LogP) is 4.48. The van der Waals surface area contributed by atoms with Crippen molar-refractivity contribution in [2.24, 2.45) is 0 Å². The van der Waals surface area contributed by atoms with E-state index < -0.39 is 16.7 Å². The van der Waals surface area contributed by atoms with Crippen LogP contribution >= 0.6 is 0 Å². The number of alkyl halides is 3. The smallest absolute Gasteiger partial charge is 0.417 e. The van der Waals surface area contributed by atoms with Crippen molar-refractivity contribution in [1.82, 2.24) is 14.5 Å². The van der Waals surface area contributed by atoms with Gasteiger partial charge in [-0.15, -0.1) is 0 Å². The molecule has 0 amide bonds. The SMILES string of the molecule is O=[N+]([O-])c1cn2c(n1)O[C@@H](COc1ccc(N3CCC(Oc4ccc(C(F)(F)F)cn4)CC3)cc1)CC2. The van der Waals surface area contributed by atoms with E-state index in [9.17, 15) is 23.3 Å². The first-order chi connectivity index (χ1) is 17.7. The molecule has 0 N–H and O–H groups in total. The molecule has 2 aliphatic rings. The molecule has 0 bridgehead atoms. The molecule has 0 unspecified atom stereocenters. The fraction of sp³-hybridized carbons (Fsp3) is 0.417. The van der Waals surface area contributed by atoms with Gasteiger partial charge >= 0.3 is 18.0 Å². The quantitative estimate of drug-likeness (QED) is 0.332. The molecule has 3 aromatic rings. The molecule has 0 aliphatic carbocycles. The maximum absolute atomic E-state index is 12.7. The van der Waals surface area contributed by atoms with Gasteiger partial charge in [-0.05, 0) is 35.3 Å². The van der Waals surface area contributed by atoms with E-state index in [4.69, 9.17) is 14.2 Å². The molecule has 37 heavy (non-hydrogen) atoms. The lowest BCUT2D eigenvalue weighted by Gasteiger charge is -2.33. The Morgan fingerprint density at radius 3 is 2.49 bits per heavy atom. The van der Waals surface area contributed by atoms with E-state index in [1.807, 2.05) is 24.3 Å². The monoisotopic (exact) mass is 519 g/mol. The summed E-state index contributed by atoms with van der Waals surface area (Å²) in [4.78, 5) is 20.2. The number of hydrogen-bond acceptors (Lipinski definition) is 8. The molecule has 196 valence electrons. The van der Waals surface area contributed by atoms with E-state index in [0.29, 0.717) is 38.2 Å². The molecule has 10 nitrogen and oxygen atoms in total. The summed E-state index contributed by atoms with van der Waals surface area (Å²) in [5.74, 6) is 0.634. The van der Waals surface area contributed by atoms with E-state index in [1.165, 1.54) is 12.3 Å². The van der Waals surface area contributed by atoms with Crippen molar-refractivity contribution in [2.75, 3.05) is 24.6 Å². The maximum Gasteiger partial charge on any atom is 0.417 e. The summed E-state index contributed by atoms with van der Waals surface area (Å²) in [6.45, 7) is 2.33. The number of ether oxygens (including phenoxy) is 3. The third-order valence-corrected chi connectivity index (χ3v) is 6.31. The number of aryl methyl sites for hydroxylation is 1. The summed E-state index contributed by atoms with van der Waals surface area (Å²) in [5, 5.41) is 10.9. The topological polar surface area (TPSA) is 105 Å². The Balaban J connectivity index is 1.07. The molecule has 2 aliphatic heterocycles. The van der Waals surface area contributed by atoms with Gasteiger partial charge in [0, 0.05) is 61.8 Å². The summed E-state index contributed by atoms with van der Waals surface area (Å²) < 4.78 is 57.0. The second kappa shape index (κ2) is 10.1. The molecular weight excluding hydrogens is 495 g/mol. The zero-order chi connectivity index (χ0) is 26.0. The number of aromatic nitrogens is 3. The van der Waals surface area contributed by atoms with E-state index in [-0.39, 0.29) is 29.9 Å². The van der Waals surface area contributed by atoms with Gasteiger partial charge < -0.3 is 29.2 Å². The Kier molecular flexibility index (Phi) is 6.76. The first-order valence-electron chi connectivity index (χ1n) is 11.8. The molecule has 0 saturated carbocycles. The van der Waals surface area contributed by atoms with Crippen molar-refractivity contribution in [3.05, 3.63) is 64.5 Å². The number of anilines is 1. The van der Waals surface area contributed by atoms with Crippen LogP contribution in [0.15, 0.2) is 48.8 Å². The first-order valence-corrected chi connectivity index (χ1v) is 11.8. The summed E-state index contributed by atoms with van der Waals surface area (Å²) >= 11 is 0. The van der Waals surface area contributed by atoms with Crippen LogP contribution in [0.1, 0.15) is 24.8 Å². The van der Waals surface area contributed by atoms with Crippen LogP contribution in [0.4, 0.5) is 24.7 Å². The van der Waals surface area contributed by atoms with E-state index in [1.54, 1.807) is 4.57 Å². The normalized spacial score (nSPS) is 18.1. The zero-order valence-electron chi connectivity index (χ0n) is 19.6. The third kappa shape index (κ3) is 5.87. The van der Waals surface area contributed by atoms with Crippen LogP contribution in [-0.2, 0) is 12.7 Å². The van der Waals surface area contributed by atoms with Crippen molar-refractivity contribution in [2.45, 2.75) is 44.2 Å². The van der Waals surface area contributed by atoms with Crippen molar-refractivity contribution >= 4 is 11.5 Å². The Morgan fingerprint density at radius 2 is 1.84 bits per heavy atom.